The second-order valence-corrected chi connectivity index (χ2v) is 12.7. The molecule has 0 saturated heterocycles. The molecule has 2 atom stereocenters. The largest absolute Gasteiger partial charge is 0.386 e. The number of carbonyl (C=O) groups is 1. The van der Waals surface area contributed by atoms with Gasteiger partial charge in [0.2, 0.25) is 0 Å². The molecular formula is C20H23Cl2N3O2S2. The molecule has 2 heterocycles. The minimum atomic E-state index is -2.56. The third-order valence-electron chi connectivity index (χ3n) is 5.17. The highest BCUT2D eigenvalue weighted by atomic mass is 35.5. The molecule has 29 heavy (non-hydrogen) atoms. The summed E-state index contributed by atoms with van der Waals surface area (Å²) in [5, 5.41) is 3.87. The number of nitrogens with two attached hydrogens (primary N) is 1. The highest BCUT2D eigenvalue weighted by Gasteiger charge is 2.46. The van der Waals surface area contributed by atoms with Crippen LogP contribution in [0.5, 0.6) is 0 Å². The first-order valence-corrected chi connectivity index (χ1v) is 12.4. The maximum absolute atomic E-state index is 13.2. The molecule has 156 valence electrons. The predicted molar refractivity (Wildman–Crippen MR) is 125 cm³/mol. The van der Waals surface area contributed by atoms with Crippen molar-refractivity contribution < 1.29 is 9.00 Å². The third-order valence-corrected chi connectivity index (χ3v) is 10.3. The van der Waals surface area contributed by atoms with E-state index in [9.17, 15) is 9.00 Å². The van der Waals surface area contributed by atoms with Gasteiger partial charge in [0.15, 0.2) is 0 Å². The van der Waals surface area contributed by atoms with Crippen molar-refractivity contribution >= 4 is 61.7 Å². The van der Waals surface area contributed by atoms with Gasteiger partial charge in [0.25, 0.3) is 5.91 Å². The van der Waals surface area contributed by atoms with E-state index >= 15 is 0 Å². The van der Waals surface area contributed by atoms with Crippen molar-refractivity contribution in [3.63, 3.8) is 0 Å². The van der Waals surface area contributed by atoms with Gasteiger partial charge in [0, 0.05) is 17.3 Å². The van der Waals surface area contributed by atoms with Crippen LogP contribution < -0.4 is 11.1 Å². The number of carbonyl (C=O) groups excluding carboxylic acids is 1. The fourth-order valence-electron chi connectivity index (χ4n) is 3.14. The minimum absolute atomic E-state index is 0.206. The van der Waals surface area contributed by atoms with Gasteiger partial charge in [-0.05, 0) is 59.9 Å². The number of thiophene rings is 1. The Balaban J connectivity index is 1.86. The molecule has 2 aromatic rings. The van der Waals surface area contributed by atoms with Gasteiger partial charge in [-0.25, -0.2) is 0 Å². The van der Waals surface area contributed by atoms with Crippen LogP contribution in [0.25, 0.3) is 0 Å². The second-order valence-electron chi connectivity index (χ2n) is 7.84. The number of benzene rings is 1. The topological polar surface area (TPSA) is 84.5 Å². The van der Waals surface area contributed by atoms with E-state index in [0.717, 1.165) is 5.56 Å². The van der Waals surface area contributed by atoms with E-state index in [1.165, 1.54) is 11.3 Å². The molecule has 1 unspecified atom stereocenters. The van der Waals surface area contributed by atoms with Crippen LogP contribution >= 0.6 is 34.5 Å². The van der Waals surface area contributed by atoms with E-state index in [2.05, 4.69) is 16.2 Å². The molecule has 0 radical (unpaired) electrons. The van der Waals surface area contributed by atoms with Crippen LogP contribution in [0, 0.1) is 0 Å². The highest BCUT2D eigenvalue weighted by molar-refractivity contribution is 8.02. The van der Waals surface area contributed by atoms with E-state index in [-0.39, 0.29) is 17.5 Å². The molecule has 0 spiro atoms. The first kappa shape index (κ1) is 22.2. The van der Waals surface area contributed by atoms with Crippen LogP contribution in [0.3, 0.4) is 0 Å². The Bertz CT molecular complexity index is 1110. The SMILES string of the molecule is C=S1(=O)C[C@@](C)(c2sc(C(=O)NCc3cccc(Cl)c3)cc2Cl)N=C(N)C1(C)C. The zero-order valence-electron chi connectivity index (χ0n) is 16.4. The average molecular weight is 472 g/mol. The Kier molecular flexibility index (Phi) is 5.82. The van der Waals surface area contributed by atoms with Crippen molar-refractivity contribution in [3.05, 3.63) is 55.7 Å². The number of aliphatic imine (C=N–C) groups is 1. The maximum Gasteiger partial charge on any atom is 0.261 e. The smallest absolute Gasteiger partial charge is 0.261 e. The van der Waals surface area contributed by atoms with E-state index in [1.807, 2.05) is 19.1 Å². The highest BCUT2D eigenvalue weighted by Crippen LogP contribution is 2.43. The summed E-state index contributed by atoms with van der Waals surface area (Å²) in [7, 11) is -2.56. The molecule has 1 aliphatic rings. The monoisotopic (exact) mass is 471 g/mol. The molecule has 3 rings (SSSR count). The summed E-state index contributed by atoms with van der Waals surface area (Å²) in [6, 6.07) is 8.88. The van der Waals surface area contributed by atoms with Crippen molar-refractivity contribution in [3.8, 4) is 0 Å². The molecule has 1 amide bonds. The summed E-state index contributed by atoms with van der Waals surface area (Å²) in [4.78, 5) is 18.4. The van der Waals surface area contributed by atoms with E-state index < -0.39 is 19.8 Å². The van der Waals surface area contributed by atoms with E-state index in [0.29, 0.717) is 26.3 Å². The normalized spacial score (nSPS) is 26.0. The van der Waals surface area contributed by atoms with Gasteiger partial charge in [-0.15, -0.1) is 11.3 Å². The Morgan fingerprint density at radius 3 is 2.66 bits per heavy atom. The molecule has 1 aromatic carbocycles. The molecule has 1 aliphatic heterocycles. The molecule has 0 aliphatic carbocycles. The molecule has 1 aromatic heterocycles. The first-order valence-electron chi connectivity index (χ1n) is 8.88. The third kappa shape index (κ3) is 4.19. The standard InChI is InChI=1S/C20H23Cl2N3O2S2/c1-19(2)18(23)25-20(3,11-29(19,4)27)16-14(22)9-15(28-16)17(26)24-10-12-6-5-7-13(21)8-12/h5-9H,4,10-11H2,1-3H3,(H2,23,25)(H,24,26)/t20-,29?/m0/s1. The van der Waals surface area contributed by atoms with Gasteiger partial charge < -0.3 is 11.1 Å². The quantitative estimate of drug-likeness (QED) is 0.658. The van der Waals surface area contributed by atoms with Crippen LogP contribution in [0.1, 0.15) is 40.9 Å². The lowest BCUT2D eigenvalue weighted by Crippen LogP contribution is -2.54. The predicted octanol–water partition coefficient (Wildman–Crippen LogP) is 4.07. The summed E-state index contributed by atoms with van der Waals surface area (Å²) in [5.74, 6) is 4.17. The van der Waals surface area contributed by atoms with Gasteiger partial charge in [-0.3, -0.25) is 14.0 Å². The Hall–Kier alpha value is -1.54. The summed E-state index contributed by atoms with van der Waals surface area (Å²) in [6.07, 6.45) is 0. The van der Waals surface area contributed by atoms with E-state index in [1.54, 1.807) is 32.0 Å². The van der Waals surface area contributed by atoms with Gasteiger partial charge in [0.1, 0.15) is 11.4 Å². The summed E-state index contributed by atoms with van der Waals surface area (Å²) in [5.41, 5.74) is 6.14. The second kappa shape index (κ2) is 7.61. The fourth-order valence-corrected chi connectivity index (χ4v) is 6.90. The number of nitrogens with zero attached hydrogens (tertiary/aromatic N) is 1. The minimum Gasteiger partial charge on any atom is -0.386 e. The van der Waals surface area contributed by atoms with Crippen molar-refractivity contribution in [1.82, 2.24) is 5.32 Å². The number of hydrogen-bond donors (Lipinski definition) is 2. The maximum atomic E-state index is 13.2. The number of nitrogens with one attached hydrogen (secondary N) is 1. The zero-order chi connectivity index (χ0) is 21.6. The van der Waals surface area contributed by atoms with Crippen LogP contribution in [0.2, 0.25) is 10.0 Å². The fraction of sp³-hybridized carbons (Fsp3) is 0.350. The number of hydrogen-bond acceptors (Lipinski definition) is 5. The van der Waals surface area contributed by atoms with Crippen molar-refractivity contribution in [2.45, 2.75) is 37.6 Å². The van der Waals surface area contributed by atoms with Gasteiger partial charge >= 0.3 is 0 Å². The Labute approximate surface area is 185 Å². The van der Waals surface area contributed by atoms with Crippen molar-refractivity contribution in [1.29, 1.82) is 0 Å². The first-order chi connectivity index (χ1) is 13.4. The number of halogens is 2. The number of rotatable bonds is 4. The van der Waals surface area contributed by atoms with Crippen LogP contribution in [0.15, 0.2) is 35.3 Å². The van der Waals surface area contributed by atoms with Gasteiger partial charge in [0.05, 0.1) is 19.5 Å². The summed E-state index contributed by atoms with van der Waals surface area (Å²) >= 11 is 13.7. The van der Waals surface area contributed by atoms with Gasteiger partial charge in [-0.2, -0.15) is 0 Å². The van der Waals surface area contributed by atoms with Crippen molar-refractivity contribution in [2.24, 2.45) is 10.7 Å². The lowest BCUT2D eigenvalue weighted by Gasteiger charge is -2.40. The lowest BCUT2D eigenvalue weighted by atomic mass is 10.0. The Morgan fingerprint density at radius 2 is 2.03 bits per heavy atom. The lowest BCUT2D eigenvalue weighted by molar-refractivity contribution is 0.0955. The zero-order valence-corrected chi connectivity index (χ0v) is 19.6. The van der Waals surface area contributed by atoms with Crippen LogP contribution in [-0.2, 0) is 21.6 Å². The number of amides is 1. The molecule has 0 fully saturated rings. The molecule has 3 N–H and O–H groups in total. The number of amidine groups is 1. The molecule has 9 heteroatoms. The molecule has 5 nitrogen and oxygen atoms in total. The molecule has 0 bridgehead atoms. The molecule has 0 saturated carbocycles. The van der Waals surface area contributed by atoms with E-state index in [4.69, 9.17) is 28.9 Å². The average Bonchev–Trinajstić information content (AvgIpc) is 3.00. The van der Waals surface area contributed by atoms with Crippen LogP contribution in [-0.4, -0.2) is 32.3 Å². The summed E-state index contributed by atoms with van der Waals surface area (Å²) in [6.45, 7) is 5.73. The summed E-state index contributed by atoms with van der Waals surface area (Å²) < 4.78 is 12.4. The molecular weight excluding hydrogens is 449 g/mol. The Morgan fingerprint density at radius 1 is 1.34 bits per heavy atom. The van der Waals surface area contributed by atoms with Crippen molar-refractivity contribution in [2.75, 3.05) is 5.75 Å². The van der Waals surface area contributed by atoms with Gasteiger partial charge in [-0.1, -0.05) is 35.3 Å². The van der Waals surface area contributed by atoms with Crippen LogP contribution in [0.4, 0.5) is 0 Å².